The topological polar surface area (TPSA) is 59.9 Å². The fraction of sp³-hybridized carbons (Fsp3) is 0.385. The van der Waals surface area contributed by atoms with E-state index in [0.29, 0.717) is 17.1 Å². The molecule has 1 aromatic rings. The second kappa shape index (κ2) is 5.53. The number of rotatable bonds is 5. The molecular formula is C13H16N2O3. The number of Topliss-reactive ketones (excluding diaryl/α,β-unsaturated/α-hetero) is 1. The summed E-state index contributed by atoms with van der Waals surface area (Å²) >= 11 is 0. The van der Waals surface area contributed by atoms with E-state index in [1.165, 1.54) is 7.11 Å². The number of hydrogen-bond acceptors (Lipinski definition) is 5. The Labute approximate surface area is 106 Å². The van der Waals surface area contributed by atoms with Crippen LogP contribution in [0.15, 0.2) is 23.2 Å². The third-order valence-electron chi connectivity index (χ3n) is 2.78. The molecule has 1 aliphatic rings. The summed E-state index contributed by atoms with van der Waals surface area (Å²) in [5.74, 6) is 1.93. The Kier molecular flexibility index (Phi) is 3.82. The molecule has 0 amide bonds. The number of hydrogen-bond donors (Lipinski definition) is 1. The van der Waals surface area contributed by atoms with E-state index in [0.717, 1.165) is 18.9 Å². The molecule has 0 fully saturated rings. The molecule has 0 atom stereocenters. The van der Waals surface area contributed by atoms with Gasteiger partial charge in [-0.1, -0.05) is 0 Å². The van der Waals surface area contributed by atoms with Crippen molar-refractivity contribution in [3.63, 3.8) is 0 Å². The van der Waals surface area contributed by atoms with Crippen molar-refractivity contribution in [2.75, 3.05) is 27.3 Å². The number of carbonyl (C=O) groups excluding carboxylic acids is 1. The Balaban J connectivity index is 2.18. The number of benzene rings is 1. The number of amidine groups is 1. The number of methoxy groups -OCH3 is 2. The van der Waals surface area contributed by atoms with Gasteiger partial charge in [0.25, 0.3) is 0 Å². The quantitative estimate of drug-likeness (QED) is 0.797. The minimum atomic E-state index is -0.0114. The van der Waals surface area contributed by atoms with Crippen LogP contribution >= 0.6 is 0 Å². The van der Waals surface area contributed by atoms with Gasteiger partial charge < -0.3 is 14.8 Å². The molecule has 0 bridgehead atoms. The average Bonchev–Trinajstić information content (AvgIpc) is 2.90. The number of ether oxygens (including phenoxy) is 2. The van der Waals surface area contributed by atoms with Gasteiger partial charge in [-0.05, 0) is 12.1 Å². The van der Waals surface area contributed by atoms with Crippen molar-refractivity contribution in [3.05, 3.63) is 23.8 Å². The fourth-order valence-corrected chi connectivity index (χ4v) is 1.84. The van der Waals surface area contributed by atoms with Gasteiger partial charge in [-0.3, -0.25) is 9.79 Å². The van der Waals surface area contributed by atoms with Crippen LogP contribution in [0.3, 0.4) is 0 Å². The van der Waals surface area contributed by atoms with E-state index in [9.17, 15) is 4.79 Å². The Morgan fingerprint density at radius 1 is 1.39 bits per heavy atom. The summed E-state index contributed by atoms with van der Waals surface area (Å²) in [6.45, 7) is 1.55. The highest BCUT2D eigenvalue weighted by molar-refractivity contribution is 6.10. The van der Waals surface area contributed by atoms with Crippen molar-refractivity contribution in [2.24, 2.45) is 4.99 Å². The standard InChI is InChI=1S/C13H16N2O3/c1-17-9-3-4-10(12(7-9)18-2)11(16)8-13-14-5-6-15-13/h3-4,7H,5-6,8H2,1-2H3,(H,14,15). The maximum Gasteiger partial charge on any atom is 0.174 e. The summed E-state index contributed by atoms with van der Waals surface area (Å²) in [5, 5.41) is 3.08. The molecular weight excluding hydrogens is 232 g/mol. The van der Waals surface area contributed by atoms with Gasteiger partial charge in [-0.15, -0.1) is 0 Å². The minimum absolute atomic E-state index is 0.0114. The van der Waals surface area contributed by atoms with Crippen LogP contribution < -0.4 is 14.8 Å². The number of carbonyl (C=O) groups is 1. The van der Waals surface area contributed by atoms with Crippen molar-refractivity contribution < 1.29 is 14.3 Å². The molecule has 96 valence electrons. The number of ketones is 1. The Bertz CT molecular complexity index is 483. The molecule has 0 spiro atoms. The van der Waals surface area contributed by atoms with E-state index in [2.05, 4.69) is 10.3 Å². The maximum atomic E-state index is 12.1. The molecule has 5 heteroatoms. The summed E-state index contributed by atoms with van der Waals surface area (Å²) in [6, 6.07) is 5.17. The Morgan fingerprint density at radius 3 is 2.83 bits per heavy atom. The molecule has 1 aromatic carbocycles. The van der Waals surface area contributed by atoms with E-state index in [1.54, 1.807) is 25.3 Å². The van der Waals surface area contributed by atoms with Crippen molar-refractivity contribution in [1.82, 2.24) is 5.32 Å². The molecule has 0 saturated heterocycles. The molecule has 1 heterocycles. The monoisotopic (exact) mass is 248 g/mol. The molecule has 2 rings (SSSR count). The maximum absolute atomic E-state index is 12.1. The number of nitrogens with one attached hydrogen (secondary N) is 1. The van der Waals surface area contributed by atoms with Gasteiger partial charge in [0.15, 0.2) is 5.78 Å². The van der Waals surface area contributed by atoms with Crippen LogP contribution in [0.1, 0.15) is 16.8 Å². The molecule has 0 aliphatic carbocycles. The first-order chi connectivity index (χ1) is 8.74. The van der Waals surface area contributed by atoms with Crippen LogP contribution in [0.25, 0.3) is 0 Å². The van der Waals surface area contributed by atoms with Crippen LogP contribution in [-0.4, -0.2) is 38.9 Å². The predicted molar refractivity (Wildman–Crippen MR) is 68.8 cm³/mol. The molecule has 1 N–H and O–H groups in total. The number of aliphatic imine (C=N–C) groups is 1. The summed E-state index contributed by atoms with van der Waals surface area (Å²) in [6.07, 6.45) is 0.280. The zero-order chi connectivity index (χ0) is 13.0. The summed E-state index contributed by atoms with van der Waals surface area (Å²) in [5.41, 5.74) is 0.551. The van der Waals surface area contributed by atoms with Crippen molar-refractivity contribution in [3.8, 4) is 11.5 Å². The first-order valence-corrected chi connectivity index (χ1v) is 5.77. The van der Waals surface area contributed by atoms with E-state index in [1.807, 2.05) is 0 Å². The molecule has 18 heavy (non-hydrogen) atoms. The fourth-order valence-electron chi connectivity index (χ4n) is 1.84. The SMILES string of the molecule is COc1ccc(C(=O)CC2=NCCN2)c(OC)c1. The molecule has 0 saturated carbocycles. The van der Waals surface area contributed by atoms with Crippen molar-refractivity contribution >= 4 is 11.6 Å². The van der Waals surface area contributed by atoms with E-state index in [4.69, 9.17) is 9.47 Å². The first-order valence-electron chi connectivity index (χ1n) is 5.77. The lowest BCUT2D eigenvalue weighted by Crippen LogP contribution is -2.21. The van der Waals surface area contributed by atoms with E-state index >= 15 is 0 Å². The van der Waals surface area contributed by atoms with Crippen molar-refractivity contribution in [1.29, 1.82) is 0 Å². The normalized spacial score (nSPS) is 13.8. The van der Waals surface area contributed by atoms with Crippen LogP contribution in [-0.2, 0) is 0 Å². The lowest BCUT2D eigenvalue weighted by molar-refractivity contribution is 0.0997. The largest absolute Gasteiger partial charge is 0.497 e. The highest BCUT2D eigenvalue weighted by Crippen LogP contribution is 2.25. The molecule has 5 nitrogen and oxygen atoms in total. The third-order valence-corrected chi connectivity index (χ3v) is 2.78. The third kappa shape index (κ3) is 2.61. The second-order valence-electron chi connectivity index (χ2n) is 3.92. The van der Waals surface area contributed by atoms with Gasteiger partial charge in [-0.2, -0.15) is 0 Å². The Hall–Kier alpha value is -2.04. The molecule has 0 unspecified atom stereocenters. The average molecular weight is 248 g/mol. The van der Waals surface area contributed by atoms with Gasteiger partial charge in [0.1, 0.15) is 17.3 Å². The van der Waals surface area contributed by atoms with Gasteiger partial charge in [0, 0.05) is 12.6 Å². The highest BCUT2D eigenvalue weighted by atomic mass is 16.5. The second-order valence-corrected chi connectivity index (χ2v) is 3.92. The van der Waals surface area contributed by atoms with Gasteiger partial charge in [-0.25, -0.2) is 0 Å². The van der Waals surface area contributed by atoms with Gasteiger partial charge >= 0.3 is 0 Å². The summed E-state index contributed by atoms with van der Waals surface area (Å²) < 4.78 is 10.3. The van der Waals surface area contributed by atoms with Crippen LogP contribution in [0.5, 0.6) is 11.5 Å². The molecule has 1 aliphatic heterocycles. The smallest absolute Gasteiger partial charge is 0.174 e. The minimum Gasteiger partial charge on any atom is -0.497 e. The summed E-state index contributed by atoms with van der Waals surface area (Å²) in [7, 11) is 3.12. The Morgan fingerprint density at radius 2 is 2.22 bits per heavy atom. The number of nitrogens with zero attached hydrogens (tertiary/aromatic N) is 1. The lowest BCUT2D eigenvalue weighted by Gasteiger charge is -2.09. The zero-order valence-electron chi connectivity index (χ0n) is 10.5. The predicted octanol–water partition coefficient (Wildman–Crippen LogP) is 1.28. The van der Waals surface area contributed by atoms with Gasteiger partial charge in [0.2, 0.25) is 0 Å². The van der Waals surface area contributed by atoms with Crippen molar-refractivity contribution in [2.45, 2.75) is 6.42 Å². The lowest BCUT2D eigenvalue weighted by atomic mass is 10.1. The van der Waals surface area contributed by atoms with Gasteiger partial charge in [0.05, 0.1) is 32.7 Å². The molecule has 0 radical (unpaired) electrons. The van der Waals surface area contributed by atoms with Crippen LogP contribution in [0, 0.1) is 0 Å². The summed E-state index contributed by atoms with van der Waals surface area (Å²) in [4.78, 5) is 16.3. The van der Waals surface area contributed by atoms with E-state index in [-0.39, 0.29) is 12.2 Å². The van der Waals surface area contributed by atoms with E-state index < -0.39 is 0 Å². The zero-order valence-corrected chi connectivity index (χ0v) is 10.5. The van der Waals surface area contributed by atoms with Crippen LogP contribution in [0.4, 0.5) is 0 Å². The molecule has 0 aromatic heterocycles. The van der Waals surface area contributed by atoms with Crippen LogP contribution in [0.2, 0.25) is 0 Å². The highest BCUT2D eigenvalue weighted by Gasteiger charge is 2.17. The first kappa shape index (κ1) is 12.4.